The number of hydrogen-bond acceptors (Lipinski definition) is 4. The Labute approximate surface area is 127 Å². The Hall–Kier alpha value is -2.66. The van der Waals surface area contributed by atoms with E-state index in [-0.39, 0.29) is 6.61 Å². The molecule has 1 heterocycles. The third-order valence-electron chi connectivity index (χ3n) is 3.64. The van der Waals surface area contributed by atoms with Crippen molar-refractivity contribution < 1.29 is 19.4 Å². The van der Waals surface area contributed by atoms with Crippen molar-refractivity contribution in [3.8, 4) is 0 Å². The van der Waals surface area contributed by atoms with E-state index in [4.69, 9.17) is 4.74 Å². The Morgan fingerprint density at radius 3 is 2.23 bits per heavy atom. The number of carbonyl (C=O) groups is 2. The van der Waals surface area contributed by atoms with Crippen molar-refractivity contribution in [3.63, 3.8) is 0 Å². The molecule has 0 aliphatic carbocycles. The standard InChI is InChI=1S/C17H15NO4/c19-11-14-15(12-7-3-1-4-8-12)18(17(21)22-14)16(20)13-9-5-2-6-10-13/h1-10,14-15,19H,11H2/t14-,15+/m1/s1. The number of carbonyl (C=O) groups excluding carboxylic acids is 2. The lowest BCUT2D eigenvalue weighted by Gasteiger charge is -2.22. The Balaban J connectivity index is 2.00. The highest BCUT2D eigenvalue weighted by molar-refractivity contribution is 6.04. The molecule has 2 amide bonds. The minimum atomic E-state index is -0.762. The van der Waals surface area contributed by atoms with Crippen LogP contribution in [0, 0.1) is 0 Å². The van der Waals surface area contributed by atoms with Gasteiger partial charge < -0.3 is 9.84 Å². The zero-order chi connectivity index (χ0) is 15.5. The van der Waals surface area contributed by atoms with Gasteiger partial charge in [-0.05, 0) is 17.7 Å². The number of amides is 2. The predicted molar refractivity (Wildman–Crippen MR) is 79.1 cm³/mol. The largest absolute Gasteiger partial charge is 0.441 e. The second-order valence-corrected chi connectivity index (χ2v) is 5.00. The molecule has 1 saturated heterocycles. The molecule has 22 heavy (non-hydrogen) atoms. The molecule has 0 radical (unpaired) electrons. The van der Waals surface area contributed by atoms with Crippen molar-refractivity contribution in [1.82, 2.24) is 4.90 Å². The summed E-state index contributed by atoms with van der Waals surface area (Å²) < 4.78 is 5.15. The van der Waals surface area contributed by atoms with E-state index in [1.54, 1.807) is 42.5 Å². The second-order valence-electron chi connectivity index (χ2n) is 5.00. The number of cyclic esters (lactones) is 1. The summed E-state index contributed by atoms with van der Waals surface area (Å²) in [6, 6.07) is 17.0. The first-order valence-corrected chi connectivity index (χ1v) is 6.97. The summed E-state index contributed by atoms with van der Waals surface area (Å²) in [6.07, 6.45) is -1.50. The number of imide groups is 1. The summed E-state index contributed by atoms with van der Waals surface area (Å²) in [6.45, 7) is -0.343. The van der Waals surface area contributed by atoms with Crippen molar-refractivity contribution in [1.29, 1.82) is 0 Å². The molecule has 5 heteroatoms. The van der Waals surface area contributed by atoms with Crippen molar-refractivity contribution in [2.24, 2.45) is 0 Å². The number of aliphatic hydroxyl groups is 1. The van der Waals surface area contributed by atoms with Gasteiger partial charge in [0.15, 0.2) is 6.10 Å². The average molecular weight is 297 g/mol. The van der Waals surface area contributed by atoms with E-state index in [2.05, 4.69) is 0 Å². The minimum absolute atomic E-state index is 0.343. The van der Waals surface area contributed by atoms with Gasteiger partial charge in [0, 0.05) is 5.56 Å². The lowest BCUT2D eigenvalue weighted by atomic mass is 10.0. The average Bonchev–Trinajstić information content (AvgIpc) is 2.92. The quantitative estimate of drug-likeness (QED) is 0.944. The lowest BCUT2D eigenvalue weighted by molar-refractivity contribution is 0.0755. The summed E-state index contributed by atoms with van der Waals surface area (Å²) in [5.41, 5.74) is 1.15. The van der Waals surface area contributed by atoms with E-state index in [0.717, 1.165) is 10.5 Å². The predicted octanol–water partition coefficient (Wildman–Crippen LogP) is 2.38. The lowest BCUT2D eigenvalue weighted by Crippen LogP contribution is -2.36. The summed E-state index contributed by atoms with van der Waals surface area (Å²) >= 11 is 0. The van der Waals surface area contributed by atoms with Gasteiger partial charge in [-0.3, -0.25) is 4.79 Å². The van der Waals surface area contributed by atoms with Crippen LogP contribution in [-0.2, 0) is 4.74 Å². The first kappa shape index (κ1) is 14.3. The van der Waals surface area contributed by atoms with E-state index < -0.39 is 24.1 Å². The van der Waals surface area contributed by atoms with Crippen LogP contribution in [0.4, 0.5) is 4.79 Å². The van der Waals surface area contributed by atoms with Crippen LogP contribution < -0.4 is 0 Å². The van der Waals surface area contributed by atoms with Gasteiger partial charge in [-0.25, -0.2) is 9.69 Å². The molecule has 1 aliphatic heterocycles. The number of benzene rings is 2. The fourth-order valence-electron chi connectivity index (χ4n) is 2.61. The number of ether oxygens (including phenoxy) is 1. The van der Waals surface area contributed by atoms with Crippen molar-refractivity contribution >= 4 is 12.0 Å². The summed E-state index contributed by atoms with van der Waals surface area (Å²) in [7, 11) is 0. The molecule has 112 valence electrons. The first-order valence-electron chi connectivity index (χ1n) is 6.97. The number of rotatable bonds is 3. The first-order chi connectivity index (χ1) is 10.7. The maximum absolute atomic E-state index is 12.6. The minimum Gasteiger partial charge on any atom is -0.441 e. The van der Waals surface area contributed by atoms with Gasteiger partial charge in [0.1, 0.15) is 6.04 Å². The molecule has 1 fully saturated rings. The normalized spacial score (nSPS) is 20.8. The molecule has 2 aromatic rings. The monoisotopic (exact) mass is 297 g/mol. The molecule has 3 rings (SSSR count). The Kier molecular flexibility index (Phi) is 3.89. The molecule has 1 aliphatic rings. The molecule has 5 nitrogen and oxygen atoms in total. The molecule has 0 spiro atoms. The van der Waals surface area contributed by atoms with Crippen LogP contribution in [0.2, 0.25) is 0 Å². The molecule has 0 saturated carbocycles. The third-order valence-corrected chi connectivity index (χ3v) is 3.64. The molecule has 2 atom stereocenters. The van der Waals surface area contributed by atoms with Crippen LogP contribution in [0.1, 0.15) is 22.0 Å². The topological polar surface area (TPSA) is 66.8 Å². The second kappa shape index (κ2) is 5.99. The van der Waals surface area contributed by atoms with Crippen LogP contribution in [0.3, 0.4) is 0 Å². The van der Waals surface area contributed by atoms with Gasteiger partial charge in [0.2, 0.25) is 0 Å². The van der Waals surface area contributed by atoms with Gasteiger partial charge in [-0.2, -0.15) is 0 Å². The summed E-state index contributed by atoms with van der Waals surface area (Å²) in [5.74, 6) is -0.435. The highest BCUT2D eigenvalue weighted by atomic mass is 16.6. The highest BCUT2D eigenvalue weighted by Crippen LogP contribution is 2.34. The van der Waals surface area contributed by atoms with E-state index in [0.29, 0.717) is 5.56 Å². The van der Waals surface area contributed by atoms with Gasteiger partial charge >= 0.3 is 6.09 Å². The van der Waals surface area contributed by atoms with Crippen LogP contribution in [0.25, 0.3) is 0 Å². The third kappa shape index (κ3) is 2.46. The molecular weight excluding hydrogens is 282 g/mol. The highest BCUT2D eigenvalue weighted by Gasteiger charge is 2.46. The fourth-order valence-corrected chi connectivity index (χ4v) is 2.61. The van der Waals surface area contributed by atoms with Gasteiger partial charge in [-0.1, -0.05) is 48.5 Å². The summed E-state index contributed by atoms with van der Waals surface area (Å²) in [5, 5.41) is 9.47. The number of aliphatic hydroxyl groups excluding tert-OH is 1. The van der Waals surface area contributed by atoms with E-state index in [9.17, 15) is 14.7 Å². The van der Waals surface area contributed by atoms with Crippen LogP contribution >= 0.6 is 0 Å². The molecular formula is C17H15NO4. The smallest absolute Gasteiger partial charge is 0.417 e. The van der Waals surface area contributed by atoms with Crippen molar-refractivity contribution in [3.05, 3.63) is 71.8 Å². The molecule has 0 unspecified atom stereocenters. The van der Waals surface area contributed by atoms with Crippen molar-refractivity contribution in [2.75, 3.05) is 6.61 Å². The van der Waals surface area contributed by atoms with Gasteiger partial charge in [0.05, 0.1) is 6.61 Å². The number of nitrogens with zero attached hydrogens (tertiary/aromatic N) is 1. The molecule has 2 aromatic carbocycles. The zero-order valence-electron chi connectivity index (χ0n) is 11.8. The summed E-state index contributed by atoms with van der Waals surface area (Å²) in [4.78, 5) is 25.8. The van der Waals surface area contributed by atoms with E-state index >= 15 is 0 Å². The zero-order valence-corrected chi connectivity index (χ0v) is 11.8. The van der Waals surface area contributed by atoms with E-state index in [1.165, 1.54) is 0 Å². The van der Waals surface area contributed by atoms with Gasteiger partial charge in [-0.15, -0.1) is 0 Å². The van der Waals surface area contributed by atoms with E-state index in [1.807, 2.05) is 18.2 Å². The Morgan fingerprint density at radius 2 is 1.64 bits per heavy atom. The maximum atomic E-state index is 12.6. The Morgan fingerprint density at radius 1 is 1.05 bits per heavy atom. The van der Waals surface area contributed by atoms with Crippen LogP contribution in [0.5, 0.6) is 0 Å². The van der Waals surface area contributed by atoms with Gasteiger partial charge in [0.25, 0.3) is 5.91 Å². The SMILES string of the molecule is O=C1O[C@H](CO)[C@H](c2ccccc2)N1C(=O)c1ccccc1. The van der Waals surface area contributed by atoms with Crippen LogP contribution in [0.15, 0.2) is 60.7 Å². The molecule has 0 bridgehead atoms. The Bertz CT molecular complexity index is 672. The van der Waals surface area contributed by atoms with Crippen LogP contribution in [-0.4, -0.2) is 34.7 Å². The van der Waals surface area contributed by atoms with Crippen molar-refractivity contribution in [2.45, 2.75) is 12.1 Å². The molecule has 1 N–H and O–H groups in total. The maximum Gasteiger partial charge on any atom is 0.417 e. The fraction of sp³-hybridized carbons (Fsp3) is 0.176. The molecule has 0 aromatic heterocycles. The number of hydrogen-bond donors (Lipinski definition) is 1.